The lowest BCUT2D eigenvalue weighted by Crippen LogP contribution is -2.40. The molecule has 1 aromatic heterocycles. The van der Waals surface area contributed by atoms with Crippen molar-refractivity contribution in [2.75, 3.05) is 26.0 Å². The van der Waals surface area contributed by atoms with Gasteiger partial charge in [0.25, 0.3) is 0 Å². The minimum atomic E-state index is -0.488. The third-order valence-corrected chi connectivity index (χ3v) is 5.27. The summed E-state index contributed by atoms with van der Waals surface area (Å²) in [5, 5.41) is 13.2. The fourth-order valence-corrected chi connectivity index (χ4v) is 2.90. The number of hydrogen-bond donors (Lipinski definition) is 2. The van der Waals surface area contributed by atoms with Crippen LogP contribution in [0.3, 0.4) is 0 Å². The molecule has 0 saturated carbocycles. The molecule has 0 aliphatic rings. The summed E-state index contributed by atoms with van der Waals surface area (Å²) < 4.78 is 10.8. The highest BCUT2D eigenvalue weighted by molar-refractivity contribution is 8.00. The summed E-state index contributed by atoms with van der Waals surface area (Å²) in [6.07, 6.45) is 5.54. The second-order valence-corrected chi connectivity index (χ2v) is 6.25. The van der Waals surface area contributed by atoms with Gasteiger partial charge in [-0.15, -0.1) is 0 Å². The molecule has 0 saturated heterocycles. The third kappa shape index (κ3) is 5.87. The van der Waals surface area contributed by atoms with Gasteiger partial charge in [0.1, 0.15) is 12.4 Å². The molecule has 20 heavy (non-hydrogen) atoms. The zero-order valence-electron chi connectivity index (χ0n) is 12.7. The fraction of sp³-hybridized carbons (Fsp3) is 0.733. The van der Waals surface area contributed by atoms with Crippen molar-refractivity contribution in [2.24, 2.45) is 0 Å². The molecule has 4 nitrogen and oxygen atoms in total. The third-order valence-electron chi connectivity index (χ3n) is 3.68. The van der Waals surface area contributed by atoms with Crippen LogP contribution in [0.2, 0.25) is 0 Å². The molecule has 0 amide bonds. The molecule has 5 heteroatoms. The molecule has 1 rings (SSSR count). The van der Waals surface area contributed by atoms with E-state index in [0.717, 1.165) is 25.1 Å². The minimum absolute atomic E-state index is 0.273. The zero-order valence-corrected chi connectivity index (χ0v) is 13.5. The number of thioether (sulfide) groups is 1. The van der Waals surface area contributed by atoms with Crippen molar-refractivity contribution in [2.45, 2.75) is 44.1 Å². The van der Waals surface area contributed by atoms with Crippen molar-refractivity contribution in [3.63, 3.8) is 0 Å². The van der Waals surface area contributed by atoms with Crippen LogP contribution in [0.4, 0.5) is 0 Å². The highest BCUT2D eigenvalue weighted by Gasteiger charge is 2.24. The van der Waals surface area contributed by atoms with E-state index in [9.17, 15) is 5.11 Å². The number of nitrogens with one attached hydrogen (secondary N) is 1. The van der Waals surface area contributed by atoms with Crippen molar-refractivity contribution < 1.29 is 14.3 Å². The first kappa shape index (κ1) is 17.6. The van der Waals surface area contributed by atoms with Crippen LogP contribution in [-0.2, 0) is 11.3 Å². The first-order valence-electron chi connectivity index (χ1n) is 7.20. The Morgan fingerprint density at radius 1 is 1.45 bits per heavy atom. The Hall–Kier alpha value is -0.490. The fourth-order valence-electron chi connectivity index (χ4n) is 2.08. The molecule has 0 aromatic carbocycles. The van der Waals surface area contributed by atoms with E-state index < -0.39 is 6.10 Å². The summed E-state index contributed by atoms with van der Waals surface area (Å²) in [6, 6.07) is 3.69. The van der Waals surface area contributed by atoms with Gasteiger partial charge in [0.15, 0.2) is 0 Å². The average molecular weight is 301 g/mol. The number of aliphatic hydroxyl groups is 1. The number of ether oxygens (including phenoxy) is 1. The van der Waals surface area contributed by atoms with E-state index in [-0.39, 0.29) is 4.75 Å². The maximum atomic E-state index is 9.87. The van der Waals surface area contributed by atoms with Gasteiger partial charge in [-0.05, 0) is 31.2 Å². The van der Waals surface area contributed by atoms with Crippen molar-refractivity contribution >= 4 is 11.8 Å². The van der Waals surface area contributed by atoms with Gasteiger partial charge in [-0.25, -0.2) is 0 Å². The monoisotopic (exact) mass is 301 g/mol. The predicted molar refractivity (Wildman–Crippen MR) is 84.1 cm³/mol. The number of rotatable bonds is 11. The van der Waals surface area contributed by atoms with Crippen LogP contribution in [0.5, 0.6) is 0 Å². The van der Waals surface area contributed by atoms with E-state index in [0.29, 0.717) is 19.8 Å². The van der Waals surface area contributed by atoms with Crippen molar-refractivity contribution in [3.05, 3.63) is 24.2 Å². The number of hydrogen-bond acceptors (Lipinski definition) is 5. The van der Waals surface area contributed by atoms with Crippen molar-refractivity contribution in [1.82, 2.24) is 5.32 Å². The molecule has 0 spiro atoms. The maximum Gasteiger partial charge on any atom is 0.129 e. The quantitative estimate of drug-likeness (QED) is 0.658. The minimum Gasteiger partial charge on any atom is -0.467 e. The Bertz CT molecular complexity index is 331. The van der Waals surface area contributed by atoms with Crippen LogP contribution < -0.4 is 5.32 Å². The summed E-state index contributed by atoms with van der Waals surface area (Å²) in [4.78, 5) is 0. The molecule has 2 N–H and O–H groups in total. The molecule has 1 atom stereocenters. The Morgan fingerprint density at radius 2 is 2.20 bits per heavy atom. The summed E-state index contributed by atoms with van der Waals surface area (Å²) in [7, 11) is 0. The van der Waals surface area contributed by atoms with E-state index in [2.05, 4.69) is 25.4 Å². The second kappa shape index (κ2) is 9.45. The summed E-state index contributed by atoms with van der Waals surface area (Å²) >= 11 is 1.90. The maximum absolute atomic E-state index is 9.87. The van der Waals surface area contributed by atoms with Crippen LogP contribution in [0, 0.1) is 0 Å². The summed E-state index contributed by atoms with van der Waals surface area (Å²) in [5.41, 5.74) is 0. The molecule has 0 radical (unpaired) electrons. The lowest BCUT2D eigenvalue weighted by molar-refractivity contribution is 0.0225. The van der Waals surface area contributed by atoms with E-state index in [4.69, 9.17) is 9.15 Å². The highest BCUT2D eigenvalue weighted by atomic mass is 32.2. The average Bonchev–Trinajstić information content (AvgIpc) is 2.97. The van der Waals surface area contributed by atoms with Crippen LogP contribution >= 0.6 is 11.8 Å². The van der Waals surface area contributed by atoms with Gasteiger partial charge in [-0.3, -0.25) is 0 Å². The van der Waals surface area contributed by atoms with Gasteiger partial charge >= 0.3 is 0 Å². The first-order chi connectivity index (χ1) is 9.65. The Balaban J connectivity index is 2.14. The SMILES string of the molecule is CCC(CC)(CNCC(O)COCc1ccco1)SC. The second-order valence-electron chi connectivity index (χ2n) is 4.97. The molecule has 0 bridgehead atoms. The number of furan rings is 1. The van der Waals surface area contributed by atoms with Gasteiger partial charge in [0.2, 0.25) is 0 Å². The van der Waals surface area contributed by atoms with Gasteiger partial charge in [0, 0.05) is 17.8 Å². The molecule has 0 fully saturated rings. The van der Waals surface area contributed by atoms with Crippen molar-refractivity contribution in [1.29, 1.82) is 0 Å². The molecule has 1 unspecified atom stereocenters. The van der Waals surface area contributed by atoms with Crippen LogP contribution in [0.1, 0.15) is 32.4 Å². The van der Waals surface area contributed by atoms with Crippen LogP contribution in [0.25, 0.3) is 0 Å². The molecule has 1 heterocycles. The Morgan fingerprint density at radius 3 is 2.75 bits per heavy atom. The molecule has 116 valence electrons. The first-order valence-corrected chi connectivity index (χ1v) is 8.42. The summed E-state index contributed by atoms with van der Waals surface area (Å²) in [6.45, 7) is 6.62. The molecular formula is C15H27NO3S. The van der Waals surface area contributed by atoms with Gasteiger partial charge in [-0.1, -0.05) is 13.8 Å². The topological polar surface area (TPSA) is 54.6 Å². The Kier molecular flexibility index (Phi) is 8.30. The van der Waals surface area contributed by atoms with Gasteiger partial charge in [0.05, 0.1) is 19.0 Å². The molecular weight excluding hydrogens is 274 g/mol. The lowest BCUT2D eigenvalue weighted by atomic mass is 10.0. The smallest absolute Gasteiger partial charge is 0.129 e. The van der Waals surface area contributed by atoms with Gasteiger partial charge < -0.3 is 19.6 Å². The Labute approximate surface area is 126 Å². The lowest BCUT2D eigenvalue weighted by Gasteiger charge is -2.30. The van der Waals surface area contributed by atoms with E-state index in [1.165, 1.54) is 0 Å². The summed E-state index contributed by atoms with van der Waals surface area (Å²) in [5.74, 6) is 0.781. The van der Waals surface area contributed by atoms with E-state index in [1.807, 2.05) is 23.9 Å². The van der Waals surface area contributed by atoms with Crippen molar-refractivity contribution in [3.8, 4) is 0 Å². The zero-order chi connectivity index (χ0) is 14.8. The van der Waals surface area contributed by atoms with E-state index >= 15 is 0 Å². The predicted octanol–water partition coefficient (Wildman–Crippen LogP) is 2.67. The van der Waals surface area contributed by atoms with Crippen LogP contribution in [-0.4, -0.2) is 41.9 Å². The van der Waals surface area contributed by atoms with Crippen LogP contribution in [0.15, 0.2) is 22.8 Å². The standard InChI is InChI=1S/C15H27NO3S/c1-4-15(5-2,20-3)12-16-9-13(17)10-18-11-14-7-6-8-19-14/h6-8,13,16-17H,4-5,9-12H2,1-3H3. The normalized spacial score (nSPS) is 13.6. The largest absolute Gasteiger partial charge is 0.467 e. The molecule has 0 aliphatic heterocycles. The van der Waals surface area contributed by atoms with E-state index in [1.54, 1.807) is 6.26 Å². The highest BCUT2D eigenvalue weighted by Crippen LogP contribution is 2.29. The molecule has 1 aromatic rings. The molecule has 0 aliphatic carbocycles. The van der Waals surface area contributed by atoms with Gasteiger partial charge in [-0.2, -0.15) is 11.8 Å². The number of aliphatic hydroxyl groups excluding tert-OH is 1.